The van der Waals surface area contributed by atoms with Crippen LogP contribution in [-0.2, 0) is 23.8 Å². The molecule has 1 fully saturated rings. The Kier molecular flexibility index (Phi) is 8.34. The number of phenols is 1. The molecule has 1 aliphatic heterocycles. The van der Waals surface area contributed by atoms with Gasteiger partial charge in [0.25, 0.3) is 0 Å². The van der Waals surface area contributed by atoms with E-state index in [2.05, 4.69) is 0 Å². The van der Waals surface area contributed by atoms with Gasteiger partial charge in [0.05, 0.1) is 0 Å². The molecule has 2 aromatic rings. The minimum atomic E-state index is -1.71. The quantitative estimate of drug-likeness (QED) is 0.355. The third-order valence-electron chi connectivity index (χ3n) is 4.81. The van der Waals surface area contributed by atoms with E-state index in [1.54, 1.807) is 30.3 Å². The molecule has 0 aliphatic carbocycles. The second-order valence-corrected chi connectivity index (χ2v) is 7.25. The molecule has 0 aromatic heterocycles. The summed E-state index contributed by atoms with van der Waals surface area (Å²) >= 11 is 0. The number of esters is 2. The smallest absolute Gasteiger partial charge is 0.333 e. The molecular formula is C24H24O9. The lowest BCUT2D eigenvalue weighted by molar-refractivity contribution is -0.291. The third kappa shape index (κ3) is 6.99. The molecule has 4 N–H and O–H groups in total. The van der Waals surface area contributed by atoms with Gasteiger partial charge in [-0.05, 0) is 35.4 Å². The first-order valence-electron chi connectivity index (χ1n) is 10.1. The molecule has 9 heteroatoms. The molecule has 1 heterocycles. The van der Waals surface area contributed by atoms with Crippen LogP contribution in [-0.4, -0.2) is 69.7 Å². The Bertz CT molecular complexity index is 985. The Labute approximate surface area is 189 Å². The molecule has 5 unspecified atom stereocenters. The van der Waals surface area contributed by atoms with E-state index in [9.17, 15) is 30.0 Å². The van der Waals surface area contributed by atoms with Crippen molar-refractivity contribution < 1.29 is 44.2 Å². The van der Waals surface area contributed by atoms with E-state index < -0.39 is 49.3 Å². The summed E-state index contributed by atoms with van der Waals surface area (Å²) in [6.45, 7) is -0.444. The second-order valence-electron chi connectivity index (χ2n) is 7.25. The maximum absolute atomic E-state index is 12.1. The fraction of sp³-hybridized carbons (Fsp3) is 0.250. The minimum absolute atomic E-state index is 0.0725. The number of aliphatic hydroxyl groups is 3. The standard InChI is InChI=1S/C24H24O9/c25-17-10-6-16(7-11-17)9-13-20(27)33-24-23(30)22(29)21(28)18(32-24)14-31-19(26)12-8-15-4-2-1-3-5-15/h1-13,18,21-25,28-30H,14H2. The van der Waals surface area contributed by atoms with Gasteiger partial charge >= 0.3 is 11.9 Å². The number of phenolic OH excluding ortho intramolecular Hbond substituents is 1. The maximum Gasteiger partial charge on any atom is 0.333 e. The van der Waals surface area contributed by atoms with E-state index in [-0.39, 0.29) is 5.75 Å². The highest BCUT2D eigenvalue weighted by molar-refractivity contribution is 5.87. The zero-order valence-corrected chi connectivity index (χ0v) is 17.4. The molecule has 5 atom stereocenters. The van der Waals surface area contributed by atoms with Gasteiger partial charge in [0.15, 0.2) is 0 Å². The Morgan fingerprint density at radius 2 is 1.42 bits per heavy atom. The number of hydrogen-bond acceptors (Lipinski definition) is 9. The summed E-state index contributed by atoms with van der Waals surface area (Å²) in [6.07, 6.45) is -2.58. The molecule has 1 saturated heterocycles. The van der Waals surface area contributed by atoms with Gasteiger partial charge in [0, 0.05) is 12.2 Å². The van der Waals surface area contributed by atoms with Crippen LogP contribution in [0.1, 0.15) is 11.1 Å². The Morgan fingerprint density at radius 1 is 0.818 bits per heavy atom. The number of aliphatic hydroxyl groups excluding tert-OH is 3. The molecule has 0 saturated carbocycles. The van der Waals surface area contributed by atoms with Crippen LogP contribution in [0.5, 0.6) is 5.75 Å². The van der Waals surface area contributed by atoms with Crippen LogP contribution in [0.3, 0.4) is 0 Å². The molecular weight excluding hydrogens is 432 g/mol. The summed E-state index contributed by atoms with van der Waals surface area (Å²) in [5, 5.41) is 39.6. The molecule has 2 aromatic carbocycles. The van der Waals surface area contributed by atoms with Crippen molar-refractivity contribution in [2.45, 2.75) is 30.7 Å². The molecule has 9 nitrogen and oxygen atoms in total. The van der Waals surface area contributed by atoms with Gasteiger partial charge in [0.2, 0.25) is 6.29 Å². The molecule has 0 amide bonds. The minimum Gasteiger partial charge on any atom is -0.508 e. The van der Waals surface area contributed by atoms with Gasteiger partial charge in [-0.15, -0.1) is 0 Å². The Balaban J connectivity index is 1.55. The second kappa shape index (κ2) is 11.4. The van der Waals surface area contributed by atoms with Gasteiger partial charge in [0.1, 0.15) is 36.8 Å². The zero-order chi connectivity index (χ0) is 23.8. The predicted molar refractivity (Wildman–Crippen MR) is 116 cm³/mol. The Hall–Kier alpha value is -3.50. The highest BCUT2D eigenvalue weighted by Gasteiger charge is 2.45. The average Bonchev–Trinajstić information content (AvgIpc) is 2.82. The topological polar surface area (TPSA) is 143 Å². The molecule has 0 bridgehead atoms. The fourth-order valence-corrected chi connectivity index (χ4v) is 3.00. The number of rotatable bonds is 7. The van der Waals surface area contributed by atoms with E-state index in [0.29, 0.717) is 5.56 Å². The molecule has 174 valence electrons. The van der Waals surface area contributed by atoms with E-state index in [0.717, 1.165) is 11.6 Å². The van der Waals surface area contributed by atoms with Crippen LogP contribution in [0.25, 0.3) is 12.2 Å². The number of hydrogen-bond donors (Lipinski definition) is 4. The molecule has 33 heavy (non-hydrogen) atoms. The first-order chi connectivity index (χ1) is 15.8. The van der Waals surface area contributed by atoms with E-state index in [1.807, 2.05) is 18.2 Å². The highest BCUT2D eigenvalue weighted by Crippen LogP contribution is 2.23. The number of carbonyl (C=O) groups is 2. The van der Waals surface area contributed by atoms with E-state index in [1.165, 1.54) is 24.3 Å². The van der Waals surface area contributed by atoms with Crippen LogP contribution in [0, 0.1) is 0 Å². The van der Waals surface area contributed by atoms with Crippen molar-refractivity contribution in [2.75, 3.05) is 6.61 Å². The zero-order valence-electron chi connectivity index (χ0n) is 17.4. The van der Waals surface area contributed by atoms with Crippen molar-refractivity contribution in [3.05, 3.63) is 77.9 Å². The molecule has 3 rings (SSSR count). The average molecular weight is 456 g/mol. The monoisotopic (exact) mass is 456 g/mol. The summed E-state index contributed by atoms with van der Waals surface area (Å²) in [5.41, 5.74) is 1.40. The van der Waals surface area contributed by atoms with Crippen molar-refractivity contribution >= 4 is 24.1 Å². The van der Waals surface area contributed by atoms with Gasteiger partial charge in [-0.25, -0.2) is 9.59 Å². The summed E-state index contributed by atoms with van der Waals surface area (Å²) < 4.78 is 15.4. The van der Waals surface area contributed by atoms with Crippen LogP contribution < -0.4 is 0 Å². The normalized spacial score (nSPS) is 25.2. The first kappa shape index (κ1) is 24.1. The third-order valence-corrected chi connectivity index (χ3v) is 4.81. The van der Waals surface area contributed by atoms with Crippen molar-refractivity contribution in [3.8, 4) is 5.75 Å². The lowest BCUT2D eigenvalue weighted by Gasteiger charge is -2.39. The fourth-order valence-electron chi connectivity index (χ4n) is 3.00. The SMILES string of the molecule is O=C(C=Cc1ccccc1)OCC1OC(OC(=O)C=Cc2ccc(O)cc2)C(O)C(O)C1O. The first-order valence-corrected chi connectivity index (χ1v) is 10.1. The van der Waals surface area contributed by atoms with Crippen molar-refractivity contribution in [1.82, 2.24) is 0 Å². The van der Waals surface area contributed by atoms with E-state index in [4.69, 9.17) is 14.2 Å². The summed E-state index contributed by atoms with van der Waals surface area (Å²) in [6, 6.07) is 15.1. The predicted octanol–water partition coefficient (Wildman–Crippen LogP) is 1.01. The number of ether oxygens (including phenoxy) is 3. The van der Waals surface area contributed by atoms with Gasteiger partial charge in [-0.3, -0.25) is 0 Å². The van der Waals surface area contributed by atoms with Crippen molar-refractivity contribution in [3.63, 3.8) is 0 Å². The Morgan fingerprint density at radius 3 is 2.09 bits per heavy atom. The molecule has 0 radical (unpaired) electrons. The summed E-state index contributed by atoms with van der Waals surface area (Å²) in [5.74, 6) is -1.51. The number of carbonyl (C=O) groups excluding carboxylic acids is 2. The summed E-state index contributed by atoms with van der Waals surface area (Å²) in [7, 11) is 0. The van der Waals surface area contributed by atoms with Gasteiger partial charge in [-0.1, -0.05) is 42.5 Å². The van der Waals surface area contributed by atoms with Gasteiger partial charge in [-0.2, -0.15) is 0 Å². The van der Waals surface area contributed by atoms with Crippen LogP contribution in [0.2, 0.25) is 0 Å². The van der Waals surface area contributed by atoms with Crippen LogP contribution in [0.4, 0.5) is 0 Å². The maximum atomic E-state index is 12.1. The summed E-state index contributed by atoms with van der Waals surface area (Å²) in [4.78, 5) is 24.0. The molecule has 1 aliphatic rings. The number of aromatic hydroxyl groups is 1. The largest absolute Gasteiger partial charge is 0.508 e. The van der Waals surface area contributed by atoms with E-state index >= 15 is 0 Å². The molecule has 0 spiro atoms. The van der Waals surface area contributed by atoms with Gasteiger partial charge < -0.3 is 34.6 Å². The van der Waals surface area contributed by atoms with Crippen LogP contribution in [0.15, 0.2) is 66.7 Å². The van der Waals surface area contributed by atoms with Crippen molar-refractivity contribution in [2.24, 2.45) is 0 Å². The number of benzene rings is 2. The lowest BCUT2D eigenvalue weighted by Crippen LogP contribution is -2.59. The van der Waals surface area contributed by atoms with Crippen molar-refractivity contribution in [1.29, 1.82) is 0 Å². The lowest BCUT2D eigenvalue weighted by atomic mass is 9.99. The highest BCUT2D eigenvalue weighted by atomic mass is 16.7. The van der Waals surface area contributed by atoms with Crippen LogP contribution >= 0.6 is 0 Å².